The second-order valence-electron chi connectivity index (χ2n) is 3.51. The highest BCUT2D eigenvalue weighted by atomic mass is 32.2. The monoisotopic (exact) mass is 268 g/mol. The summed E-state index contributed by atoms with van der Waals surface area (Å²) in [4.78, 5) is 5.49. The molecule has 0 aliphatic carbocycles. The predicted molar refractivity (Wildman–Crippen MR) is 73.3 cm³/mol. The van der Waals surface area contributed by atoms with Gasteiger partial charge >= 0.3 is 0 Å². The molecule has 0 aliphatic heterocycles. The highest BCUT2D eigenvalue weighted by Gasteiger charge is 2.07. The number of nitrogens with zero attached hydrogens (tertiary/aromatic N) is 1. The van der Waals surface area contributed by atoms with Gasteiger partial charge in [0.15, 0.2) is 0 Å². The van der Waals surface area contributed by atoms with Crippen LogP contribution in [0.1, 0.15) is 5.01 Å². The summed E-state index contributed by atoms with van der Waals surface area (Å²) in [6, 6.07) is 5.99. The molecule has 1 heterocycles. The Bertz CT molecular complexity index is 548. The Morgan fingerprint density at radius 2 is 2.41 bits per heavy atom. The Labute approximate surface area is 108 Å². The summed E-state index contributed by atoms with van der Waals surface area (Å²) in [5.74, 6) is 0.133. The van der Waals surface area contributed by atoms with Crippen LogP contribution in [0.5, 0.6) is 0 Å². The molecule has 0 bridgehead atoms. The van der Waals surface area contributed by atoms with Gasteiger partial charge in [0.1, 0.15) is 5.83 Å². The number of halogens is 1. The minimum Gasteiger partial charge on any atom is -0.327 e. The fourth-order valence-electron chi connectivity index (χ4n) is 1.48. The number of fused-ring (bicyclic) bond motifs is 1. The first kappa shape index (κ1) is 12.5. The maximum Gasteiger partial charge on any atom is 0.107 e. The molecule has 0 unspecified atom stereocenters. The maximum atomic E-state index is 13.2. The first-order valence-electron chi connectivity index (χ1n) is 5.24. The lowest BCUT2D eigenvalue weighted by Crippen LogP contribution is -1.95. The van der Waals surface area contributed by atoms with E-state index >= 15 is 0 Å². The summed E-state index contributed by atoms with van der Waals surface area (Å²) < 4.78 is 14.4. The lowest BCUT2D eigenvalue weighted by Gasteiger charge is -2.00. The van der Waals surface area contributed by atoms with Gasteiger partial charge in [-0.05, 0) is 25.1 Å². The minimum absolute atomic E-state index is 0.179. The van der Waals surface area contributed by atoms with E-state index in [0.29, 0.717) is 5.75 Å². The molecule has 2 aromatic rings. The van der Waals surface area contributed by atoms with Crippen LogP contribution in [0.25, 0.3) is 10.2 Å². The average molecular weight is 268 g/mol. The number of nitrogens with two attached hydrogens (primary N) is 1. The number of aryl methyl sites for hydroxylation is 1. The first-order valence-corrected chi connectivity index (χ1v) is 7.04. The molecule has 1 aromatic carbocycles. The number of thioether (sulfide) groups is 1. The van der Waals surface area contributed by atoms with Gasteiger partial charge in [-0.3, -0.25) is 0 Å². The molecular weight excluding hydrogens is 255 g/mol. The smallest absolute Gasteiger partial charge is 0.107 e. The Hall–Kier alpha value is -0.910. The van der Waals surface area contributed by atoms with Crippen LogP contribution in [0.3, 0.4) is 0 Å². The largest absolute Gasteiger partial charge is 0.327 e. The van der Waals surface area contributed by atoms with Crippen molar-refractivity contribution in [2.24, 2.45) is 5.73 Å². The SMILES string of the molecule is Cc1nc2c(SC/C(F)=C/CN)cccc2s1. The van der Waals surface area contributed by atoms with Gasteiger partial charge in [0.2, 0.25) is 0 Å². The lowest BCUT2D eigenvalue weighted by molar-refractivity contribution is 0.640. The molecule has 1 aromatic heterocycles. The molecule has 0 spiro atoms. The molecule has 0 atom stereocenters. The van der Waals surface area contributed by atoms with Crippen molar-refractivity contribution in [2.75, 3.05) is 12.3 Å². The average Bonchev–Trinajstić information content (AvgIpc) is 2.67. The number of hydrogen-bond donors (Lipinski definition) is 1. The Morgan fingerprint density at radius 1 is 1.59 bits per heavy atom. The molecule has 0 amide bonds. The zero-order valence-electron chi connectivity index (χ0n) is 9.44. The third kappa shape index (κ3) is 3.06. The normalized spacial score (nSPS) is 12.3. The fourth-order valence-corrected chi connectivity index (χ4v) is 3.28. The Morgan fingerprint density at radius 3 is 3.18 bits per heavy atom. The molecule has 0 radical (unpaired) electrons. The van der Waals surface area contributed by atoms with Crippen molar-refractivity contribution in [1.29, 1.82) is 0 Å². The van der Waals surface area contributed by atoms with Crippen LogP contribution in [0.2, 0.25) is 0 Å². The van der Waals surface area contributed by atoms with Gasteiger partial charge in [0.25, 0.3) is 0 Å². The van der Waals surface area contributed by atoms with Gasteiger partial charge in [-0.1, -0.05) is 6.07 Å². The van der Waals surface area contributed by atoms with Crippen molar-refractivity contribution in [3.05, 3.63) is 35.1 Å². The number of rotatable bonds is 4. The van der Waals surface area contributed by atoms with Crippen LogP contribution < -0.4 is 5.73 Å². The maximum absolute atomic E-state index is 13.2. The van der Waals surface area contributed by atoms with Crippen molar-refractivity contribution >= 4 is 33.3 Å². The predicted octanol–water partition coefficient (Wildman–Crippen LogP) is 3.51. The molecule has 0 aliphatic rings. The van der Waals surface area contributed by atoms with E-state index in [4.69, 9.17) is 5.73 Å². The van der Waals surface area contributed by atoms with E-state index in [-0.39, 0.29) is 12.4 Å². The van der Waals surface area contributed by atoms with E-state index in [1.807, 2.05) is 25.1 Å². The summed E-state index contributed by atoms with van der Waals surface area (Å²) in [5.41, 5.74) is 6.23. The molecule has 17 heavy (non-hydrogen) atoms. The zero-order valence-corrected chi connectivity index (χ0v) is 11.1. The van der Waals surface area contributed by atoms with E-state index in [9.17, 15) is 4.39 Å². The summed E-state index contributed by atoms with van der Waals surface area (Å²) in [5, 5.41) is 1.03. The molecule has 0 fully saturated rings. The number of benzene rings is 1. The molecule has 5 heteroatoms. The number of thiazole rings is 1. The number of para-hydroxylation sites is 1. The van der Waals surface area contributed by atoms with Crippen molar-refractivity contribution in [2.45, 2.75) is 11.8 Å². The van der Waals surface area contributed by atoms with E-state index in [0.717, 1.165) is 20.1 Å². The molecule has 2 N–H and O–H groups in total. The van der Waals surface area contributed by atoms with Crippen LogP contribution in [0.15, 0.2) is 35.0 Å². The van der Waals surface area contributed by atoms with Crippen molar-refractivity contribution in [3.63, 3.8) is 0 Å². The van der Waals surface area contributed by atoms with Gasteiger partial charge in [0, 0.05) is 17.2 Å². The first-order chi connectivity index (χ1) is 8.20. The van der Waals surface area contributed by atoms with Gasteiger partial charge in [-0.2, -0.15) is 0 Å². The number of hydrogen-bond acceptors (Lipinski definition) is 4. The molecular formula is C12H13FN2S2. The van der Waals surface area contributed by atoms with Gasteiger partial charge in [-0.15, -0.1) is 23.1 Å². The Balaban J connectivity index is 2.21. The van der Waals surface area contributed by atoms with Gasteiger partial charge in [-0.25, -0.2) is 9.37 Å². The van der Waals surface area contributed by atoms with Crippen molar-refractivity contribution < 1.29 is 4.39 Å². The van der Waals surface area contributed by atoms with Crippen LogP contribution in [-0.4, -0.2) is 17.3 Å². The quantitative estimate of drug-likeness (QED) is 0.862. The van der Waals surface area contributed by atoms with Crippen LogP contribution in [0.4, 0.5) is 4.39 Å². The standard InChI is InChI=1S/C12H13FN2S2/c1-8-15-12-10(3-2-4-11(12)17-8)16-7-9(13)5-6-14/h2-5H,6-7,14H2,1H3/b9-5-. The van der Waals surface area contributed by atoms with Crippen molar-refractivity contribution in [1.82, 2.24) is 4.98 Å². The summed E-state index contributed by atoms with van der Waals surface area (Å²) >= 11 is 3.11. The number of aromatic nitrogens is 1. The molecule has 2 nitrogen and oxygen atoms in total. The summed E-state index contributed by atoms with van der Waals surface area (Å²) in [7, 11) is 0. The zero-order chi connectivity index (χ0) is 12.3. The minimum atomic E-state index is -0.179. The van der Waals surface area contributed by atoms with Crippen LogP contribution >= 0.6 is 23.1 Å². The second kappa shape index (κ2) is 5.62. The highest BCUT2D eigenvalue weighted by Crippen LogP contribution is 2.31. The van der Waals surface area contributed by atoms with E-state index in [2.05, 4.69) is 4.98 Å². The molecule has 2 rings (SSSR count). The molecule has 90 valence electrons. The van der Waals surface area contributed by atoms with E-state index in [1.54, 1.807) is 11.3 Å². The summed E-state index contributed by atoms with van der Waals surface area (Å²) in [6.45, 7) is 2.22. The van der Waals surface area contributed by atoms with E-state index in [1.165, 1.54) is 17.8 Å². The molecule has 0 saturated carbocycles. The summed E-state index contributed by atoms with van der Waals surface area (Å²) in [6.07, 6.45) is 1.40. The second-order valence-corrected chi connectivity index (χ2v) is 5.76. The van der Waals surface area contributed by atoms with Crippen molar-refractivity contribution in [3.8, 4) is 0 Å². The van der Waals surface area contributed by atoms with Crippen LogP contribution in [-0.2, 0) is 0 Å². The fraction of sp³-hybridized carbons (Fsp3) is 0.250. The van der Waals surface area contributed by atoms with Crippen LogP contribution in [0, 0.1) is 6.92 Å². The van der Waals surface area contributed by atoms with Gasteiger partial charge < -0.3 is 5.73 Å². The Kier molecular flexibility index (Phi) is 4.15. The third-order valence-corrected chi connectivity index (χ3v) is 4.19. The third-order valence-electron chi connectivity index (χ3n) is 2.19. The molecule has 0 saturated heterocycles. The van der Waals surface area contributed by atoms with E-state index < -0.39 is 0 Å². The van der Waals surface area contributed by atoms with Gasteiger partial charge in [0.05, 0.1) is 15.2 Å². The topological polar surface area (TPSA) is 38.9 Å². The lowest BCUT2D eigenvalue weighted by atomic mass is 10.3. The highest BCUT2D eigenvalue weighted by molar-refractivity contribution is 7.99.